The summed E-state index contributed by atoms with van der Waals surface area (Å²) in [5.41, 5.74) is 1.17. The average Bonchev–Trinajstić information content (AvgIpc) is 2.71. The van der Waals surface area contributed by atoms with Crippen LogP contribution in [0.4, 0.5) is 5.69 Å². The van der Waals surface area contributed by atoms with Gasteiger partial charge in [-0.2, -0.15) is 0 Å². The number of anilines is 1. The summed E-state index contributed by atoms with van der Waals surface area (Å²) in [5.74, 6) is 0.416. The maximum absolute atomic E-state index is 12.9. The Morgan fingerprint density at radius 3 is 2.68 bits per heavy atom. The fourth-order valence-corrected chi connectivity index (χ4v) is 3.79. The largest absolute Gasteiger partial charge is 0.495 e. The highest BCUT2D eigenvalue weighted by molar-refractivity contribution is 8.00. The number of hydrogen-bond acceptors (Lipinski definition) is 5. The predicted octanol–water partition coefficient (Wildman–Crippen LogP) is 3.93. The van der Waals surface area contributed by atoms with Crippen LogP contribution in [0.3, 0.4) is 0 Å². The molecule has 146 valence electrons. The second kappa shape index (κ2) is 8.93. The average molecular weight is 398 g/mol. The third-order valence-electron chi connectivity index (χ3n) is 4.29. The fourth-order valence-electron chi connectivity index (χ4n) is 2.85. The number of ether oxygens (including phenoxy) is 1. The molecule has 2 aromatic carbocycles. The minimum Gasteiger partial charge on any atom is -0.495 e. The van der Waals surface area contributed by atoms with Gasteiger partial charge >= 0.3 is 0 Å². The quantitative estimate of drug-likeness (QED) is 0.483. The van der Waals surface area contributed by atoms with Crippen molar-refractivity contribution in [3.05, 3.63) is 58.9 Å². The first-order chi connectivity index (χ1) is 13.5. The second-order valence-corrected chi connectivity index (χ2v) is 7.63. The van der Waals surface area contributed by atoms with Gasteiger partial charge < -0.3 is 10.1 Å². The topological polar surface area (TPSA) is 73.2 Å². The van der Waals surface area contributed by atoms with Gasteiger partial charge in [0.1, 0.15) is 5.75 Å². The summed E-state index contributed by atoms with van der Waals surface area (Å²) in [6, 6.07) is 14.5. The van der Waals surface area contributed by atoms with E-state index in [2.05, 4.69) is 10.3 Å². The SMILES string of the molecule is CCCn1c(SC(C)C(=O)Nc2ccccc2OC)nc2ccccc2c1=O. The highest BCUT2D eigenvalue weighted by atomic mass is 32.2. The van der Waals surface area contributed by atoms with Crippen LogP contribution in [0.2, 0.25) is 0 Å². The highest BCUT2D eigenvalue weighted by Gasteiger charge is 2.20. The first kappa shape index (κ1) is 19.9. The molecule has 0 fully saturated rings. The number of hydrogen-bond donors (Lipinski definition) is 1. The molecule has 0 aliphatic heterocycles. The lowest BCUT2D eigenvalue weighted by atomic mass is 10.2. The molecule has 0 aliphatic carbocycles. The van der Waals surface area contributed by atoms with Gasteiger partial charge in [0.25, 0.3) is 5.56 Å². The Bertz CT molecular complexity index is 1050. The van der Waals surface area contributed by atoms with Crippen molar-refractivity contribution in [3.63, 3.8) is 0 Å². The Balaban J connectivity index is 1.87. The van der Waals surface area contributed by atoms with Crippen LogP contribution in [-0.4, -0.2) is 27.8 Å². The number of aromatic nitrogens is 2. The summed E-state index contributed by atoms with van der Waals surface area (Å²) in [5, 5.41) is 3.58. The predicted molar refractivity (Wildman–Crippen MR) is 113 cm³/mol. The summed E-state index contributed by atoms with van der Waals surface area (Å²) in [4.78, 5) is 30.2. The zero-order chi connectivity index (χ0) is 20.1. The fraction of sp³-hybridized carbons (Fsp3) is 0.286. The number of para-hydroxylation sites is 3. The summed E-state index contributed by atoms with van der Waals surface area (Å²) in [6.07, 6.45) is 0.801. The smallest absolute Gasteiger partial charge is 0.262 e. The van der Waals surface area contributed by atoms with Gasteiger partial charge in [0.15, 0.2) is 5.16 Å². The number of nitrogens with zero attached hydrogens (tertiary/aromatic N) is 2. The van der Waals surface area contributed by atoms with Gasteiger partial charge in [0, 0.05) is 6.54 Å². The van der Waals surface area contributed by atoms with Crippen molar-refractivity contribution >= 4 is 34.3 Å². The van der Waals surface area contributed by atoms with E-state index in [0.29, 0.717) is 34.0 Å². The van der Waals surface area contributed by atoms with E-state index in [9.17, 15) is 9.59 Å². The number of carbonyl (C=O) groups excluding carboxylic acids is 1. The minimum absolute atomic E-state index is 0.0766. The van der Waals surface area contributed by atoms with Crippen molar-refractivity contribution < 1.29 is 9.53 Å². The highest BCUT2D eigenvalue weighted by Crippen LogP contribution is 2.27. The van der Waals surface area contributed by atoms with Crippen molar-refractivity contribution in [2.75, 3.05) is 12.4 Å². The molecule has 3 rings (SSSR count). The van der Waals surface area contributed by atoms with Crippen LogP contribution < -0.4 is 15.6 Å². The molecule has 0 bridgehead atoms. The second-order valence-electron chi connectivity index (χ2n) is 6.32. The standard InChI is InChI=1S/C21H23N3O3S/c1-4-13-24-20(26)15-9-5-6-10-16(15)23-21(24)28-14(2)19(25)22-17-11-7-8-12-18(17)27-3/h5-12,14H,4,13H2,1-3H3,(H,22,25). The molecule has 1 N–H and O–H groups in total. The Hall–Kier alpha value is -2.80. The zero-order valence-electron chi connectivity index (χ0n) is 16.1. The molecular weight excluding hydrogens is 374 g/mol. The molecule has 0 saturated heterocycles. The number of amides is 1. The number of nitrogens with one attached hydrogen (secondary N) is 1. The van der Waals surface area contributed by atoms with Gasteiger partial charge in [0.2, 0.25) is 5.91 Å². The van der Waals surface area contributed by atoms with Crippen molar-refractivity contribution in [1.82, 2.24) is 9.55 Å². The summed E-state index contributed by atoms with van der Waals surface area (Å²) < 4.78 is 6.93. The number of rotatable bonds is 7. The van der Waals surface area contributed by atoms with E-state index in [1.165, 1.54) is 11.8 Å². The van der Waals surface area contributed by atoms with E-state index in [4.69, 9.17) is 4.74 Å². The van der Waals surface area contributed by atoms with Crippen LogP contribution in [0.15, 0.2) is 58.5 Å². The molecule has 1 amide bonds. The van der Waals surface area contributed by atoms with E-state index in [1.54, 1.807) is 36.8 Å². The van der Waals surface area contributed by atoms with Crippen LogP contribution in [0.1, 0.15) is 20.3 Å². The molecule has 0 saturated carbocycles. The van der Waals surface area contributed by atoms with E-state index in [0.717, 1.165) is 6.42 Å². The van der Waals surface area contributed by atoms with E-state index < -0.39 is 5.25 Å². The molecule has 1 atom stereocenters. The van der Waals surface area contributed by atoms with E-state index >= 15 is 0 Å². The molecule has 1 heterocycles. The van der Waals surface area contributed by atoms with Crippen molar-refractivity contribution in [1.29, 1.82) is 0 Å². The van der Waals surface area contributed by atoms with Gasteiger partial charge in [-0.25, -0.2) is 4.98 Å². The lowest BCUT2D eigenvalue weighted by Gasteiger charge is -2.16. The molecule has 0 aliphatic rings. The first-order valence-corrected chi connectivity index (χ1v) is 10.0. The monoisotopic (exact) mass is 397 g/mol. The Morgan fingerprint density at radius 1 is 1.21 bits per heavy atom. The number of benzene rings is 2. The Kier molecular flexibility index (Phi) is 6.36. The molecule has 1 unspecified atom stereocenters. The van der Waals surface area contributed by atoms with Crippen LogP contribution in [0.25, 0.3) is 10.9 Å². The molecule has 0 radical (unpaired) electrons. The van der Waals surface area contributed by atoms with Crippen LogP contribution in [-0.2, 0) is 11.3 Å². The molecule has 6 nitrogen and oxygen atoms in total. The first-order valence-electron chi connectivity index (χ1n) is 9.15. The molecule has 1 aromatic heterocycles. The third-order valence-corrected chi connectivity index (χ3v) is 5.38. The molecular formula is C21H23N3O3S. The lowest BCUT2D eigenvalue weighted by molar-refractivity contribution is -0.115. The summed E-state index contributed by atoms with van der Waals surface area (Å²) in [6.45, 7) is 4.36. The van der Waals surface area contributed by atoms with Crippen LogP contribution >= 0.6 is 11.8 Å². The van der Waals surface area contributed by atoms with Crippen molar-refractivity contribution in [2.45, 2.75) is 37.2 Å². The van der Waals surface area contributed by atoms with Crippen LogP contribution in [0, 0.1) is 0 Å². The van der Waals surface area contributed by atoms with E-state index in [-0.39, 0.29) is 11.5 Å². The third kappa shape index (κ3) is 4.20. The van der Waals surface area contributed by atoms with Gasteiger partial charge in [-0.1, -0.05) is 43.0 Å². The van der Waals surface area contributed by atoms with Gasteiger partial charge in [0.05, 0.1) is 29.0 Å². The van der Waals surface area contributed by atoms with E-state index in [1.807, 2.05) is 37.3 Å². The molecule has 28 heavy (non-hydrogen) atoms. The maximum atomic E-state index is 12.9. The Morgan fingerprint density at radius 2 is 1.93 bits per heavy atom. The normalized spacial score (nSPS) is 12.0. The molecule has 0 spiro atoms. The van der Waals surface area contributed by atoms with Gasteiger partial charge in [-0.3, -0.25) is 14.2 Å². The number of fused-ring (bicyclic) bond motifs is 1. The van der Waals surface area contributed by atoms with Crippen molar-refractivity contribution in [3.8, 4) is 5.75 Å². The number of thioether (sulfide) groups is 1. The van der Waals surface area contributed by atoms with Gasteiger partial charge in [-0.15, -0.1) is 0 Å². The molecule has 3 aromatic rings. The molecule has 7 heteroatoms. The van der Waals surface area contributed by atoms with Crippen LogP contribution in [0.5, 0.6) is 5.75 Å². The maximum Gasteiger partial charge on any atom is 0.262 e. The minimum atomic E-state index is -0.443. The Labute approximate surface area is 167 Å². The summed E-state index contributed by atoms with van der Waals surface area (Å²) >= 11 is 1.28. The number of methoxy groups -OCH3 is 1. The lowest BCUT2D eigenvalue weighted by Crippen LogP contribution is -2.27. The number of carbonyl (C=O) groups is 1. The summed E-state index contributed by atoms with van der Waals surface area (Å²) in [7, 11) is 1.56. The zero-order valence-corrected chi connectivity index (χ0v) is 17.0. The van der Waals surface area contributed by atoms with Gasteiger partial charge in [-0.05, 0) is 37.6 Å². The van der Waals surface area contributed by atoms with Crippen molar-refractivity contribution in [2.24, 2.45) is 0 Å².